The molecule has 0 saturated heterocycles. The van der Waals surface area contributed by atoms with Crippen molar-refractivity contribution in [3.05, 3.63) is 105 Å². The van der Waals surface area contributed by atoms with Crippen molar-refractivity contribution in [2.24, 2.45) is 4.99 Å². The first-order chi connectivity index (χ1) is 13.5. The van der Waals surface area contributed by atoms with Crippen LogP contribution >= 0.6 is 27.5 Å². The Morgan fingerprint density at radius 3 is 2.39 bits per heavy atom. The third-order valence-corrected chi connectivity index (χ3v) is 5.18. The molecule has 5 heteroatoms. The van der Waals surface area contributed by atoms with Gasteiger partial charge in [-0.15, -0.1) is 0 Å². The average Bonchev–Trinajstić information content (AvgIpc) is 3.01. The number of anilines is 1. The molecule has 0 saturated carbocycles. The van der Waals surface area contributed by atoms with Crippen molar-refractivity contribution in [1.82, 2.24) is 0 Å². The number of hydrogen-bond donors (Lipinski definition) is 0. The molecule has 0 bridgehead atoms. The second kappa shape index (κ2) is 7.74. The zero-order valence-corrected chi connectivity index (χ0v) is 17.4. The number of aliphatic imine (C=N–C) groups is 1. The van der Waals surface area contributed by atoms with Gasteiger partial charge >= 0.3 is 0 Å². The molecule has 0 fully saturated rings. The maximum Gasteiger partial charge on any atom is 0.282 e. The molecule has 1 aliphatic rings. The number of halogens is 2. The van der Waals surface area contributed by atoms with Crippen LogP contribution in [0.1, 0.15) is 16.7 Å². The summed E-state index contributed by atoms with van der Waals surface area (Å²) in [4.78, 5) is 19.6. The number of hydrogen-bond acceptors (Lipinski definition) is 2. The average molecular weight is 452 g/mol. The quantitative estimate of drug-likeness (QED) is 0.433. The van der Waals surface area contributed by atoms with Gasteiger partial charge < -0.3 is 0 Å². The molecule has 3 aromatic carbocycles. The minimum atomic E-state index is -0.159. The predicted molar refractivity (Wildman–Crippen MR) is 119 cm³/mol. The van der Waals surface area contributed by atoms with Gasteiger partial charge in [0.15, 0.2) is 0 Å². The maximum absolute atomic E-state index is 13.2. The normalized spacial score (nSPS) is 15.2. The van der Waals surface area contributed by atoms with Gasteiger partial charge in [0.25, 0.3) is 5.91 Å². The van der Waals surface area contributed by atoms with E-state index in [0.717, 1.165) is 26.9 Å². The molecule has 1 amide bonds. The fourth-order valence-corrected chi connectivity index (χ4v) is 3.43. The zero-order chi connectivity index (χ0) is 19.7. The lowest BCUT2D eigenvalue weighted by molar-refractivity contribution is -0.113. The Hall–Kier alpha value is -2.69. The molecule has 3 aromatic rings. The van der Waals surface area contributed by atoms with Crippen LogP contribution in [0, 0.1) is 6.92 Å². The number of carbonyl (C=O) groups excluding carboxylic acids is 1. The van der Waals surface area contributed by atoms with Crippen LogP contribution in [0.3, 0.4) is 0 Å². The van der Waals surface area contributed by atoms with Crippen LogP contribution in [-0.2, 0) is 4.79 Å². The Bertz CT molecular complexity index is 1100. The molecular weight excluding hydrogens is 436 g/mol. The molecule has 0 N–H and O–H groups in total. The van der Waals surface area contributed by atoms with Crippen molar-refractivity contribution in [1.29, 1.82) is 0 Å². The van der Waals surface area contributed by atoms with Crippen molar-refractivity contribution >= 4 is 51.0 Å². The minimum absolute atomic E-state index is 0.159. The largest absolute Gasteiger partial charge is 0.282 e. The lowest BCUT2D eigenvalue weighted by Gasteiger charge is -2.19. The van der Waals surface area contributed by atoms with Crippen LogP contribution in [-0.4, -0.2) is 11.7 Å². The highest BCUT2D eigenvalue weighted by molar-refractivity contribution is 9.10. The molecule has 0 aliphatic carbocycles. The van der Waals surface area contributed by atoms with E-state index in [4.69, 9.17) is 11.6 Å². The number of carbonyl (C=O) groups is 1. The van der Waals surface area contributed by atoms with Crippen LogP contribution in [0.5, 0.6) is 0 Å². The van der Waals surface area contributed by atoms with Gasteiger partial charge in [0.05, 0.1) is 5.69 Å². The van der Waals surface area contributed by atoms with Crippen molar-refractivity contribution < 1.29 is 4.79 Å². The molecule has 0 radical (unpaired) electrons. The molecule has 0 atom stereocenters. The molecule has 28 heavy (non-hydrogen) atoms. The highest BCUT2D eigenvalue weighted by atomic mass is 79.9. The predicted octanol–water partition coefficient (Wildman–Crippen LogP) is 6.25. The fourth-order valence-electron chi connectivity index (χ4n) is 3.04. The first kappa shape index (κ1) is 18.7. The number of rotatable bonds is 3. The van der Waals surface area contributed by atoms with Crippen LogP contribution in [0.4, 0.5) is 5.69 Å². The van der Waals surface area contributed by atoms with Crippen molar-refractivity contribution in [2.45, 2.75) is 6.92 Å². The molecule has 4 rings (SSSR count). The molecule has 3 nitrogen and oxygen atoms in total. The summed E-state index contributed by atoms with van der Waals surface area (Å²) in [7, 11) is 0. The van der Waals surface area contributed by atoms with E-state index in [-0.39, 0.29) is 5.91 Å². The number of aryl methyl sites for hydroxylation is 1. The molecule has 1 heterocycles. The summed E-state index contributed by atoms with van der Waals surface area (Å²) in [6, 6.07) is 23.0. The summed E-state index contributed by atoms with van der Waals surface area (Å²) in [5, 5.41) is 0.653. The zero-order valence-electron chi connectivity index (χ0n) is 15.1. The Kier molecular flexibility index (Phi) is 5.16. The first-order valence-electron chi connectivity index (χ1n) is 8.74. The molecule has 1 aliphatic heterocycles. The summed E-state index contributed by atoms with van der Waals surface area (Å²) >= 11 is 9.41. The van der Waals surface area contributed by atoms with E-state index in [0.29, 0.717) is 16.6 Å². The summed E-state index contributed by atoms with van der Waals surface area (Å²) in [6.07, 6.45) is 1.79. The number of nitrogens with zero attached hydrogens (tertiary/aromatic N) is 2. The van der Waals surface area contributed by atoms with E-state index in [9.17, 15) is 4.79 Å². The molecule has 0 unspecified atom stereocenters. The minimum Gasteiger partial charge on any atom is -0.266 e. The highest BCUT2D eigenvalue weighted by Gasteiger charge is 2.32. The van der Waals surface area contributed by atoms with Gasteiger partial charge in [-0.05, 0) is 61.0 Å². The maximum atomic E-state index is 13.2. The Balaban J connectivity index is 1.82. The van der Waals surface area contributed by atoms with Gasteiger partial charge in [-0.2, -0.15) is 0 Å². The van der Waals surface area contributed by atoms with Gasteiger partial charge in [0.1, 0.15) is 11.5 Å². The standard InChI is InChI=1S/C23H16BrClN2O/c1-15-3-2-4-17(13-15)22-26-21(14-16-5-9-19(25)10-6-16)23(28)27(22)20-11-7-18(24)8-12-20/h2-14H,1H3/b21-14+. The topological polar surface area (TPSA) is 32.7 Å². The summed E-state index contributed by atoms with van der Waals surface area (Å²) in [5.41, 5.74) is 4.04. The lowest BCUT2D eigenvalue weighted by atomic mass is 10.1. The second-order valence-electron chi connectivity index (χ2n) is 6.50. The second-order valence-corrected chi connectivity index (χ2v) is 7.86. The number of amidine groups is 1. The Morgan fingerprint density at radius 1 is 1.00 bits per heavy atom. The molecule has 138 valence electrons. The van der Waals surface area contributed by atoms with Crippen LogP contribution < -0.4 is 4.90 Å². The van der Waals surface area contributed by atoms with E-state index >= 15 is 0 Å². The van der Waals surface area contributed by atoms with Crippen LogP contribution in [0.15, 0.2) is 88.0 Å². The van der Waals surface area contributed by atoms with Crippen LogP contribution in [0.2, 0.25) is 5.02 Å². The third kappa shape index (κ3) is 3.79. The van der Waals surface area contributed by atoms with E-state index in [1.165, 1.54) is 0 Å². The number of benzene rings is 3. The van der Waals surface area contributed by atoms with Crippen molar-refractivity contribution in [2.75, 3.05) is 4.90 Å². The molecular formula is C23H16BrClN2O. The smallest absolute Gasteiger partial charge is 0.266 e. The van der Waals surface area contributed by atoms with Gasteiger partial charge in [-0.1, -0.05) is 63.4 Å². The van der Waals surface area contributed by atoms with E-state index in [1.807, 2.05) is 67.6 Å². The molecule has 0 aromatic heterocycles. The van der Waals surface area contributed by atoms with Gasteiger partial charge in [-0.25, -0.2) is 4.99 Å². The van der Waals surface area contributed by atoms with Crippen molar-refractivity contribution in [3.63, 3.8) is 0 Å². The van der Waals surface area contributed by atoms with Crippen molar-refractivity contribution in [3.8, 4) is 0 Å². The van der Waals surface area contributed by atoms with Gasteiger partial charge in [0.2, 0.25) is 0 Å². The Morgan fingerprint density at radius 2 is 1.71 bits per heavy atom. The van der Waals surface area contributed by atoms with Gasteiger partial charge in [-0.3, -0.25) is 9.69 Å². The summed E-state index contributed by atoms with van der Waals surface area (Å²) in [5.74, 6) is 0.463. The number of amides is 1. The van der Waals surface area contributed by atoms with Crippen LogP contribution in [0.25, 0.3) is 6.08 Å². The summed E-state index contributed by atoms with van der Waals surface area (Å²) < 4.78 is 0.953. The highest BCUT2D eigenvalue weighted by Crippen LogP contribution is 2.29. The van der Waals surface area contributed by atoms with E-state index < -0.39 is 0 Å². The fraction of sp³-hybridized carbons (Fsp3) is 0.0435. The summed E-state index contributed by atoms with van der Waals surface area (Å²) in [6.45, 7) is 2.02. The van der Waals surface area contributed by atoms with E-state index in [2.05, 4.69) is 20.9 Å². The van der Waals surface area contributed by atoms with E-state index in [1.54, 1.807) is 23.1 Å². The van der Waals surface area contributed by atoms with Gasteiger partial charge in [0, 0.05) is 15.1 Å². The first-order valence-corrected chi connectivity index (χ1v) is 9.91. The third-order valence-electron chi connectivity index (χ3n) is 4.39. The SMILES string of the molecule is Cc1cccc(C2=N/C(=C/c3ccc(Cl)cc3)C(=O)N2c2ccc(Br)cc2)c1. The Labute approximate surface area is 177 Å². The monoisotopic (exact) mass is 450 g/mol. The lowest BCUT2D eigenvalue weighted by Crippen LogP contribution is -2.32. The molecule has 0 spiro atoms.